The Morgan fingerprint density at radius 2 is 2.00 bits per heavy atom. The molecule has 1 aliphatic rings. The molecule has 0 aliphatic heterocycles. The zero-order valence-corrected chi connectivity index (χ0v) is 10.4. The first kappa shape index (κ1) is 12.2. The normalized spacial score (nSPS) is 16.1. The summed E-state index contributed by atoms with van der Waals surface area (Å²) in [6, 6.07) is 9.08. The van der Waals surface area contributed by atoms with Crippen LogP contribution in [0.2, 0.25) is 0 Å². The first-order valence-electron chi connectivity index (χ1n) is 6.27. The lowest BCUT2D eigenvalue weighted by Crippen LogP contribution is -2.41. The Morgan fingerprint density at radius 3 is 2.53 bits per heavy atom. The highest BCUT2D eigenvalue weighted by atomic mass is 15.2. The fraction of sp³-hybridized carbons (Fsp3) is 0.467. The van der Waals surface area contributed by atoms with E-state index in [1.54, 1.807) is 0 Å². The Morgan fingerprint density at radius 1 is 1.35 bits per heavy atom. The number of hydrogen-bond donors (Lipinski definition) is 2. The molecule has 0 saturated carbocycles. The van der Waals surface area contributed by atoms with Crippen molar-refractivity contribution in [2.24, 2.45) is 11.8 Å². The summed E-state index contributed by atoms with van der Waals surface area (Å²) in [5, 5.41) is 0. The summed E-state index contributed by atoms with van der Waals surface area (Å²) < 4.78 is 0. The van der Waals surface area contributed by atoms with E-state index in [1.807, 2.05) is 6.92 Å². The molecule has 90 valence electrons. The van der Waals surface area contributed by atoms with Crippen LogP contribution in [0.3, 0.4) is 0 Å². The van der Waals surface area contributed by atoms with Gasteiger partial charge in [0.05, 0.1) is 0 Å². The number of benzene rings is 1. The third-order valence-electron chi connectivity index (χ3n) is 3.62. The molecule has 0 heterocycles. The van der Waals surface area contributed by atoms with Gasteiger partial charge < -0.3 is 0 Å². The van der Waals surface area contributed by atoms with Crippen LogP contribution in [0.25, 0.3) is 0 Å². The lowest BCUT2D eigenvalue weighted by Gasteiger charge is -2.21. The van der Waals surface area contributed by atoms with Gasteiger partial charge in [0.1, 0.15) is 0 Å². The molecule has 17 heavy (non-hydrogen) atoms. The molecule has 1 unspecified atom stereocenters. The molecule has 1 aliphatic carbocycles. The molecule has 0 amide bonds. The second-order valence-electron chi connectivity index (χ2n) is 4.68. The zero-order valence-electron chi connectivity index (χ0n) is 10.4. The van der Waals surface area contributed by atoms with Crippen LogP contribution in [-0.4, -0.2) is 6.04 Å². The number of rotatable bonds is 4. The Labute approximate surface area is 104 Å². The monoisotopic (exact) mass is 228 g/mol. The summed E-state index contributed by atoms with van der Waals surface area (Å²) in [4.78, 5) is 0. The Hall–Kier alpha value is -1.30. The van der Waals surface area contributed by atoms with Crippen molar-refractivity contribution in [1.82, 2.24) is 5.43 Å². The topological polar surface area (TPSA) is 38.0 Å². The molecule has 0 fully saturated rings. The van der Waals surface area contributed by atoms with Crippen LogP contribution in [0.1, 0.15) is 30.9 Å². The van der Waals surface area contributed by atoms with E-state index in [9.17, 15) is 0 Å². The molecule has 0 radical (unpaired) electrons. The van der Waals surface area contributed by atoms with Gasteiger partial charge in [0.25, 0.3) is 0 Å². The number of nitrogens with one attached hydrogen (secondary N) is 1. The maximum atomic E-state index is 5.67. The molecular formula is C15H20N2. The van der Waals surface area contributed by atoms with Crippen molar-refractivity contribution in [1.29, 1.82) is 0 Å². The Bertz CT molecular complexity index is 403. The van der Waals surface area contributed by atoms with E-state index >= 15 is 0 Å². The summed E-state index contributed by atoms with van der Waals surface area (Å²) in [5.74, 6) is 12.3. The van der Waals surface area contributed by atoms with Gasteiger partial charge in [-0.15, -0.1) is 11.8 Å². The van der Waals surface area contributed by atoms with Crippen LogP contribution in [-0.2, 0) is 12.8 Å². The minimum atomic E-state index is 0.378. The van der Waals surface area contributed by atoms with Gasteiger partial charge in [0.15, 0.2) is 0 Å². The van der Waals surface area contributed by atoms with Crippen LogP contribution in [0, 0.1) is 17.8 Å². The average Bonchev–Trinajstić information content (AvgIpc) is 2.78. The van der Waals surface area contributed by atoms with Crippen LogP contribution in [0.4, 0.5) is 0 Å². The molecule has 3 N–H and O–H groups in total. The van der Waals surface area contributed by atoms with Crippen LogP contribution >= 0.6 is 0 Å². The van der Waals surface area contributed by atoms with E-state index in [-0.39, 0.29) is 0 Å². The largest absolute Gasteiger partial charge is 0.271 e. The SMILES string of the molecule is CC#CCCC(NN)C1Cc2ccccc2C1. The molecule has 0 spiro atoms. The van der Waals surface area contributed by atoms with E-state index in [0.29, 0.717) is 12.0 Å². The van der Waals surface area contributed by atoms with Gasteiger partial charge in [0, 0.05) is 12.5 Å². The van der Waals surface area contributed by atoms with Gasteiger partial charge >= 0.3 is 0 Å². The minimum Gasteiger partial charge on any atom is -0.271 e. The van der Waals surface area contributed by atoms with Crippen molar-refractivity contribution >= 4 is 0 Å². The van der Waals surface area contributed by atoms with Gasteiger partial charge in [-0.05, 0) is 43.2 Å². The van der Waals surface area contributed by atoms with Crippen molar-refractivity contribution < 1.29 is 0 Å². The predicted molar refractivity (Wildman–Crippen MR) is 71.1 cm³/mol. The van der Waals surface area contributed by atoms with E-state index in [0.717, 1.165) is 25.7 Å². The second-order valence-corrected chi connectivity index (χ2v) is 4.68. The quantitative estimate of drug-likeness (QED) is 0.470. The van der Waals surface area contributed by atoms with Crippen LogP contribution in [0.5, 0.6) is 0 Å². The van der Waals surface area contributed by atoms with Crippen molar-refractivity contribution in [3.63, 3.8) is 0 Å². The fourth-order valence-corrected chi connectivity index (χ4v) is 2.69. The van der Waals surface area contributed by atoms with Gasteiger partial charge in [-0.1, -0.05) is 24.3 Å². The zero-order chi connectivity index (χ0) is 12.1. The fourth-order valence-electron chi connectivity index (χ4n) is 2.69. The molecule has 2 heteroatoms. The summed E-state index contributed by atoms with van der Waals surface area (Å²) in [7, 11) is 0. The van der Waals surface area contributed by atoms with E-state index in [4.69, 9.17) is 5.84 Å². The van der Waals surface area contributed by atoms with Gasteiger partial charge in [-0.25, -0.2) is 0 Å². The summed E-state index contributed by atoms with van der Waals surface area (Å²) in [6.07, 6.45) is 4.25. The van der Waals surface area contributed by atoms with Crippen molar-refractivity contribution in [2.45, 2.75) is 38.6 Å². The summed E-state index contributed by atoms with van der Waals surface area (Å²) in [5.41, 5.74) is 5.94. The molecule has 2 rings (SSSR count). The van der Waals surface area contributed by atoms with Gasteiger partial charge in [-0.3, -0.25) is 11.3 Å². The predicted octanol–water partition coefficient (Wildman–Crippen LogP) is 2.04. The van der Waals surface area contributed by atoms with Crippen LogP contribution < -0.4 is 11.3 Å². The standard InChI is InChI=1S/C15H20N2/c1-2-3-4-9-15(17-16)14-10-12-7-5-6-8-13(12)11-14/h5-8,14-15,17H,4,9-11,16H2,1H3. The summed E-state index contributed by atoms with van der Waals surface area (Å²) in [6.45, 7) is 1.89. The molecule has 1 atom stereocenters. The van der Waals surface area contributed by atoms with E-state index in [2.05, 4.69) is 41.5 Å². The first-order chi connectivity index (χ1) is 8.35. The minimum absolute atomic E-state index is 0.378. The summed E-state index contributed by atoms with van der Waals surface area (Å²) >= 11 is 0. The van der Waals surface area contributed by atoms with E-state index in [1.165, 1.54) is 11.1 Å². The molecular weight excluding hydrogens is 208 g/mol. The molecule has 1 aromatic carbocycles. The maximum Gasteiger partial charge on any atom is 0.0254 e. The highest BCUT2D eigenvalue weighted by Crippen LogP contribution is 2.29. The molecule has 0 saturated heterocycles. The Balaban J connectivity index is 1.97. The number of nitrogens with two attached hydrogens (primary N) is 1. The molecule has 1 aromatic rings. The third-order valence-corrected chi connectivity index (χ3v) is 3.62. The average molecular weight is 228 g/mol. The van der Waals surface area contributed by atoms with E-state index < -0.39 is 0 Å². The van der Waals surface area contributed by atoms with Gasteiger partial charge in [-0.2, -0.15) is 0 Å². The number of hydrazine groups is 1. The molecule has 0 bridgehead atoms. The molecule has 0 aromatic heterocycles. The lowest BCUT2D eigenvalue weighted by molar-refractivity contribution is 0.353. The maximum absolute atomic E-state index is 5.67. The second kappa shape index (κ2) is 5.86. The van der Waals surface area contributed by atoms with Crippen molar-refractivity contribution in [3.8, 4) is 11.8 Å². The highest BCUT2D eigenvalue weighted by Gasteiger charge is 2.27. The van der Waals surface area contributed by atoms with Crippen LogP contribution in [0.15, 0.2) is 24.3 Å². The van der Waals surface area contributed by atoms with Crippen molar-refractivity contribution in [2.75, 3.05) is 0 Å². The lowest BCUT2D eigenvalue weighted by atomic mass is 9.93. The smallest absolute Gasteiger partial charge is 0.0254 e. The first-order valence-corrected chi connectivity index (χ1v) is 6.27. The third kappa shape index (κ3) is 2.88. The highest BCUT2D eigenvalue weighted by molar-refractivity contribution is 5.32. The molecule has 2 nitrogen and oxygen atoms in total. The number of fused-ring (bicyclic) bond motifs is 1. The van der Waals surface area contributed by atoms with Gasteiger partial charge in [0.2, 0.25) is 0 Å². The number of hydrogen-bond acceptors (Lipinski definition) is 2. The van der Waals surface area contributed by atoms with Crippen molar-refractivity contribution in [3.05, 3.63) is 35.4 Å². The Kier molecular flexibility index (Phi) is 4.19.